The molecule has 0 atom stereocenters. The molecule has 1 aliphatic rings. The van der Waals surface area contributed by atoms with Crippen LogP contribution in [0.4, 0.5) is 0 Å². The average Bonchev–Trinajstić information content (AvgIpc) is 3.10. The highest BCUT2D eigenvalue weighted by Crippen LogP contribution is 2.26. The largest absolute Gasteiger partial charge is 0.357 e. The van der Waals surface area contributed by atoms with Gasteiger partial charge < -0.3 is 16.0 Å². The van der Waals surface area contributed by atoms with Gasteiger partial charge in [0, 0.05) is 29.4 Å². The summed E-state index contributed by atoms with van der Waals surface area (Å²) in [6.45, 7) is 8.14. The number of aliphatic imine (C=N–C) groups is 1. The fourth-order valence-electron chi connectivity index (χ4n) is 2.05. The molecule has 7 heteroatoms. The third kappa shape index (κ3) is 7.07. The summed E-state index contributed by atoms with van der Waals surface area (Å²) in [5.41, 5.74) is 0.0284. The first kappa shape index (κ1) is 20.2. The number of amides is 1. The van der Waals surface area contributed by atoms with Crippen molar-refractivity contribution in [1.82, 2.24) is 16.0 Å². The minimum absolute atomic E-state index is 0. The third-order valence-electron chi connectivity index (χ3n) is 3.55. The van der Waals surface area contributed by atoms with E-state index in [1.807, 2.05) is 6.92 Å². The van der Waals surface area contributed by atoms with Gasteiger partial charge in [0.1, 0.15) is 6.54 Å². The quantitative estimate of drug-likeness (QED) is 0.340. The number of hydrogen-bond donors (Lipinski definition) is 3. The molecule has 1 aromatic rings. The van der Waals surface area contributed by atoms with Crippen molar-refractivity contribution in [3.63, 3.8) is 0 Å². The maximum absolute atomic E-state index is 11.7. The van der Waals surface area contributed by atoms with Crippen LogP contribution < -0.4 is 16.0 Å². The number of nitrogens with zero attached hydrogens (tertiary/aromatic N) is 1. The van der Waals surface area contributed by atoms with Gasteiger partial charge in [0.15, 0.2) is 5.96 Å². The number of thiophene rings is 1. The van der Waals surface area contributed by atoms with Gasteiger partial charge >= 0.3 is 0 Å². The second-order valence-corrected chi connectivity index (χ2v) is 7.20. The van der Waals surface area contributed by atoms with Gasteiger partial charge in [0.25, 0.3) is 0 Å². The van der Waals surface area contributed by atoms with Crippen molar-refractivity contribution in [2.75, 3.05) is 19.6 Å². The molecule has 0 saturated heterocycles. The van der Waals surface area contributed by atoms with Crippen molar-refractivity contribution in [2.45, 2.75) is 45.1 Å². The van der Waals surface area contributed by atoms with Gasteiger partial charge in [-0.3, -0.25) is 4.79 Å². The summed E-state index contributed by atoms with van der Waals surface area (Å²) in [6, 6.07) is 4.61. The van der Waals surface area contributed by atoms with Crippen LogP contribution in [0.15, 0.2) is 22.5 Å². The van der Waals surface area contributed by atoms with Crippen molar-refractivity contribution >= 4 is 47.2 Å². The van der Waals surface area contributed by atoms with E-state index in [4.69, 9.17) is 0 Å². The number of hydrogen-bond acceptors (Lipinski definition) is 3. The van der Waals surface area contributed by atoms with E-state index in [2.05, 4.69) is 52.3 Å². The van der Waals surface area contributed by atoms with E-state index in [1.165, 1.54) is 4.88 Å². The van der Waals surface area contributed by atoms with Crippen LogP contribution in [0.5, 0.6) is 0 Å². The number of carbonyl (C=O) groups is 1. The highest BCUT2D eigenvalue weighted by atomic mass is 127. The lowest BCUT2D eigenvalue weighted by Gasteiger charge is -2.25. The molecule has 0 spiro atoms. The number of rotatable bonds is 7. The van der Waals surface area contributed by atoms with Crippen LogP contribution in [-0.2, 0) is 10.2 Å². The van der Waals surface area contributed by atoms with Gasteiger partial charge in [-0.15, -0.1) is 35.3 Å². The lowest BCUT2D eigenvalue weighted by Crippen LogP contribution is -2.43. The Morgan fingerprint density at radius 1 is 1.39 bits per heavy atom. The van der Waals surface area contributed by atoms with Gasteiger partial charge in [-0.2, -0.15) is 0 Å². The molecule has 1 heterocycles. The van der Waals surface area contributed by atoms with Crippen LogP contribution in [0.1, 0.15) is 38.5 Å². The Bertz CT molecular complexity index is 512. The van der Waals surface area contributed by atoms with Crippen LogP contribution >= 0.6 is 35.3 Å². The third-order valence-corrected chi connectivity index (χ3v) is 4.79. The minimum Gasteiger partial charge on any atom is -0.357 e. The van der Waals surface area contributed by atoms with Crippen molar-refractivity contribution in [1.29, 1.82) is 0 Å². The zero-order valence-corrected chi connectivity index (χ0v) is 17.2. The average molecular weight is 450 g/mol. The molecule has 0 radical (unpaired) electrons. The predicted octanol–water partition coefficient (Wildman–Crippen LogP) is 2.48. The Morgan fingerprint density at radius 2 is 2.13 bits per heavy atom. The monoisotopic (exact) mass is 450 g/mol. The highest BCUT2D eigenvalue weighted by molar-refractivity contribution is 14.0. The molecule has 0 unspecified atom stereocenters. The number of guanidine groups is 1. The summed E-state index contributed by atoms with van der Waals surface area (Å²) in [6.07, 6.45) is 2.20. The SMILES string of the molecule is CCNC(=NCC(=O)NC1CC1)NCC(C)(C)c1cccs1.I. The Labute approximate surface area is 159 Å². The van der Waals surface area contributed by atoms with E-state index < -0.39 is 0 Å². The van der Waals surface area contributed by atoms with E-state index in [0.717, 1.165) is 25.9 Å². The summed E-state index contributed by atoms with van der Waals surface area (Å²) < 4.78 is 0. The molecule has 2 rings (SSSR count). The van der Waals surface area contributed by atoms with Gasteiger partial charge in [0.2, 0.25) is 5.91 Å². The molecule has 1 aromatic heterocycles. The second-order valence-electron chi connectivity index (χ2n) is 6.25. The lowest BCUT2D eigenvalue weighted by atomic mass is 9.91. The summed E-state index contributed by atoms with van der Waals surface area (Å²) >= 11 is 1.76. The van der Waals surface area contributed by atoms with Crippen molar-refractivity contribution in [3.8, 4) is 0 Å². The summed E-state index contributed by atoms with van der Waals surface area (Å²) in [5.74, 6) is 0.690. The molecule has 1 fully saturated rings. The number of halogens is 1. The fraction of sp³-hybridized carbons (Fsp3) is 0.625. The second kappa shape index (κ2) is 9.46. The Morgan fingerprint density at radius 3 is 2.70 bits per heavy atom. The summed E-state index contributed by atoms with van der Waals surface area (Å²) in [4.78, 5) is 17.4. The molecule has 0 bridgehead atoms. The van der Waals surface area contributed by atoms with Crippen LogP contribution in [0, 0.1) is 0 Å². The molecule has 0 aliphatic heterocycles. The molecule has 5 nitrogen and oxygen atoms in total. The molecule has 1 aliphatic carbocycles. The van der Waals surface area contributed by atoms with Crippen molar-refractivity contribution in [2.24, 2.45) is 4.99 Å². The highest BCUT2D eigenvalue weighted by Gasteiger charge is 2.23. The van der Waals surface area contributed by atoms with E-state index in [0.29, 0.717) is 12.0 Å². The molecular formula is C16H27IN4OS. The molecule has 0 aromatic carbocycles. The van der Waals surface area contributed by atoms with E-state index in [-0.39, 0.29) is 41.8 Å². The van der Waals surface area contributed by atoms with Crippen LogP contribution in [0.25, 0.3) is 0 Å². The van der Waals surface area contributed by atoms with E-state index in [9.17, 15) is 4.79 Å². The van der Waals surface area contributed by atoms with Gasteiger partial charge in [-0.05, 0) is 31.2 Å². The zero-order valence-electron chi connectivity index (χ0n) is 14.0. The van der Waals surface area contributed by atoms with E-state index in [1.54, 1.807) is 11.3 Å². The van der Waals surface area contributed by atoms with Gasteiger partial charge in [0.05, 0.1) is 0 Å². The van der Waals surface area contributed by atoms with Crippen molar-refractivity contribution < 1.29 is 4.79 Å². The molecule has 1 amide bonds. The predicted molar refractivity (Wildman–Crippen MR) is 108 cm³/mol. The normalized spacial score (nSPS) is 14.8. The Balaban J connectivity index is 0.00000264. The Hall–Kier alpha value is -0.830. The topological polar surface area (TPSA) is 65.5 Å². The van der Waals surface area contributed by atoms with Crippen LogP contribution in [-0.4, -0.2) is 37.5 Å². The first-order valence-electron chi connectivity index (χ1n) is 7.87. The number of carbonyl (C=O) groups excluding carboxylic acids is 1. The first-order chi connectivity index (χ1) is 10.5. The first-order valence-corrected chi connectivity index (χ1v) is 8.75. The van der Waals surface area contributed by atoms with Crippen LogP contribution in [0.2, 0.25) is 0 Å². The summed E-state index contributed by atoms with van der Waals surface area (Å²) in [7, 11) is 0. The molecule has 1 saturated carbocycles. The fourth-order valence-corrected chi connectivity index (χ4v) is 2.90. The minimum atomic E-state index is -0.00257. The molecule has 3 N–H and O–H groups in total. The zero-order chi connectivity index (χ0) is 16.0. The van der Waals surface area contributed by atoms with Gasteiger partial charge in [-0.25, -0.2) is 4.99 Å². The lowest BCUT2D eigenvalue weighted by molar-refractivity contribution is -0.119. The van der Waals surface area contributed by atoms with Crippen molar-refractivity contribution in [3.05, 3.63) is 22.4 Å². The molecule has 130 valence electrons. The smallest absolute Gasteiger partial charge is 0.242 e. The number of nitrogens with one attached hydrogen (secondary N) is 3. The Kier molecular flexibility index (Phi) is 8.32. The maximum atomic E-state index is 11.7. The van der Waals surface area contributed by atoms with Gasteiger partial charge in [-0.1, -0.05) is 19.9 Å². The standard InChI is InChI=1S/C16H26N4OS.HI/c1-4-17-15(18-10-14(21)20-12-7-8-12)19-11-16(2,3)13-6-5-9-22-13;/h5-6,9,12H,4,7-8,10-11H2,1-3H3,(H,20,21)(H2,17,18,19);1H. The maximum Gasteiger partial charge on any atom is 0.242 e. The van der Waals surface area contributed by atoms with E-state index >= 15 is 0 Å². The molecular weight excluding hydrogens is 423 g/mol. The summed E-state index contributed by atoms with van der Waals surface area (Å²) in [5, 5.41) is 11.6. The van der Waals surface area contributed by atoms with Crippen LogP contribution in [0.3, 0.4) is 0 Å². The molecule has 23 heavy (non-hydrogen) atoms.